The van der Waals surface area contributed by atoms with Gasteiger partial charge < -0.3 is 15.1 Å². The predicted molar refractivity (Wildman–Crippen MR) is 92.4 cm³/mol. The molecule has 0 aromatic heterocycles. The topological polar surface area (TPSA) is 18.5 Å². The van der Waals surface area contributed by atoms with Gasteiger partial charge in [0.05, 0.1) is 10.7 Å². The van der Waals surface area contributed by atoms with Crippen molar-refractivity contribution in [3.63, 3.8) is 0 Å². The largest absolute Gasteiger partial charge is 0.370 e. The zero-order chi connectivity index (χ0) is 15.4. The van der Waals surface area contributed by atoms with E-state index in [1.807, 2.05) is 7.05 Å². The van der Waals surface area contributed by atoms with Crippen molar-refractivity contribution in [2.24, 2.45) is 5.92 Å². The Balaban J connectivity index is 2.00. The number of rotatable bonds is 5. The molecule has 4 heteroatoms. The van der Waals surface area contributed by atoms with Gasteiger partial charge in [-0.15, -0.1) is 0 Å². The van der Waals surface area contributed by atoms with Gasteiger partial charge in [0.2, 0.25) is 0 Å². The van der Waals surface area contributed by atoms with Crippen LogP contribution >= 0.6 is 11.6 Å². The Morgan fingerprint density at radius 2 is 2.00 bits per heavy atom. The van der Waals surface area contributed by atoms with E-state index in [1.165, 1.54) is 30.6 Å². The molecule has 0 spiro atoms. The zero-order valence-corrected chi connectivity index (χ0v) is 14.5. The first kappa shape index (κ1) is 16.6. The zero-order valence-electron chi connectivity index (χ0n) is 13.7. The van der Waals surface area contributed by atoms with E-state index < -0.39 is 0 Å². The maximum Gasteiger partial charge on any atom is 0.0642 e. The molecular weight excluding hydrogens is 282 g/mol. The van der Waals surface area contributed by atoms with Gasteiger partial charge in [0, 0.05) is 25.7 Å². The van der Waals surface area contributed by atoms with Crippen molar-refractivity contribution >= 4 is 17.3 Å². The molecule has 0 bridgehead atoms. The molecule has 0 aliphatic carbocycles. The standard InChI is InChI=1S/C17H28ClN3/c1-13(19-2)15-5-6-17(16(18)11-15)21-9-7-14(8-10-21)12-20(3)4/h5-6,11,13-14,19H,7-10,12H2,1-4H3. The summed E-state index contributed by atoms with van der Waals surface area (Å²) in [6, 6.07) is 6.80. The van der Waals surface area contributed by atoms with E-state index in [-0.39, 0.29) is 0 Å². The Bertz CT molecular complexity index is 453. The van der Waals surface area contributed by atoms with Crippen LogP contribution in [0.2, 0.25) is 5.02 Å². The molecule has 1 atom stereocenters. The Kier molecular flexibility index (Phi) is 5.91. The Hall–Kier alpha value is -0.770. The average molecular weight is 310 g/mol. The van der Waals surface area contributed by atoms with E-state index >= 15 is 0 Å². The molecule has 2 rings (SSSR count). The van der Waals surface area contributed by atoms with Crippen LogP contribution in [0.1, 0.15) is 31.4 Å². The number of piperidine rings is 1. The van der Waals surface area contributed by atoms with Crippen molar-refractivity contribution in [2.45, 2.75) is 25.8 Å². The average Bonchev–Trinajstić information content (AvgIpc) is 2.47. The van der Waals surface area contributed by atoms with Crippen LogP contribution in [0.15, 0.2) is 18.2 Å². The van der Waals surface area contributed by atoms with E-state index in [4.69, 9.17) is 11.6 Å². The molecule has 1 fully saturated rings. The lowest BCUT2D eigenvalue weighted by atomic mass is 9.96. The highest BCUT2D eigenvalue weighted by molar-refractivity contribution is 6.33. The van der Waals surface area contributed by atoms with E-state index in [2.05, 4.69) is 54.3 Å². The van der Waals surface area contributed by atoms with Crippen LogP contribution in [0.4, 0.5) is 5.69 Å². The van der Waals surface area contributed by atoms with Crippen LogP contribution in [0.3, 0.4) is 0 Å². The van der Waals surface area contributed by atoms with Gasteiger partial charge in [-0.05, 0) is 64.5 Å². The normalized spacial score (nSPS) is 18.3. The number of hydrogen-bond donors (Lipinski definition) is 1. The van der Waals surface area contributed by atoms with Crippen molar-refractivity contribution in [3.05, 3.63) is 28.8 Å². The molecule has 1 aromatic rings. The summed E-state index contributed by atoms with van der Waals surface area (Å²) in [5, 5.41) is 4.13. The summed E-state index contributed by atoms with van der Waals surface area (Å²) in [5.74, 6) is 0.818. The van der Waals surface area contributed by atoms with E-state index in [9.17, 15) is 0 Å². The number of halogens is 1. The first-order valence-corrected chi connectivity index (χ1v) is 8.25. The molecule has 1 aliphatic heterocycles. The van der Waals surface area contributed by atoms with Crippen molar-refractivity contribution < 1.29 is 0 Å². The monoisotopic (exact) mass is 309 g/mol. The lowest BCUT2D eigenvalue weighted by Crippen LogP contribution is -2.37. The van der Waals surface area contributed by atoms with Crippen LogP contribution in [0.25, 0.3) is 0 Å². The molecule has 1 N–H and O–H groups in total. The van der Waals surface area contributed by atoms with Gasteiger partial charge in [-0.3, -0.25) is 0 Å². The maximum atomic E-state index is 6.51. The highest BCUT2D eigenvalue weighted by Crippen LogP contribution is 2.32. The third kappa shape index (κ3) is 4.35. The van der Waals surface area contributed by atoms with Crippen LogP contribution in [-0.2, 0) is 0 Å². The molecule has 0 radical (unpaired) electrons. The van der Waals surface area contributed by atoms with Crippen LogP contribution in [0, 0.1) is 5.92 Å². The first-order chi connectivity index (χ1) is 10.0. The third-order valence-corrected chi connectivity index (χ3v) is 4.79. The summed E-state index contributed by atoms with van der Waals surface area (Å²) < 4.78 is 0. The molecule has 1 heterocycles. The Morgan fingerprint density at radius 1 is 1.33 bits per heavy atom. The lowest BCUT2D eigenvalue weighted by molar-refractivity contribution is 0.285. The van der Waals surface area contributed by atoms with Crippen molar-refractivity contribution in [1.82, 2.24) is 10.2 Å². The minimum atomic E-state index is 0.336. The minimum Gasteiger partial charge on any atom is -0.370 e. The number of nitrogens with one attached hydrogen (secondary N) is 1. The van der Waals surface area contributed by atoms with Crippen molar-refractivity contribution in [2.75, 3.05) is 45.7 Å². The van der Waals surface area contributed by atoms with Crippen molar-refractivity contribution in [1.29, 1.82) is 0 Å². The second-order valence-corrected chi connectivity index (χ2v) is 6.82. The van der Waals surface area contributed by atoms with Crippen LogP contribution < -0.4 is 10.2 Å². The minimum absolute atomic E-state index is 0.336. The quantitative estimate of drug-likeness (QED) is 0.899. The Morgan fingerprint density at radius 3 is 2.52 bits per heavy atom. The third-order valence-electron chi connectivity index (χ3n) is 4.48. The van der Waals surface area contributed by atoms with Gasteiger partial charge in [0.1, 0.15) is 0 Å². The van der Waals surface area contributed by atoms with Gasteiger partial charge in [0.15, 0.2) is 0 Å². The fraction of sp³-hybridized carbons (Fsp3) is 0.647. The fourth-order valence-electron chi connectivity index (χ4n) is 3.09. The van der Waals surface area contributed by atoms with Gasteiger partial charge in [-0.1, -0.05) is 17.7 Å². The molecule has 1 unspecified atom stereocenters. The highest BCUT2D eigenvalue weighted by Gasteiger charge is 2.21. The maximum absolute atomic E-state index is 6.51. The van der Waals surface area contributed by atoms with Crippen LogP contribution in [0.5, 0.6) is 0 Å². The van der Waals surface area contributed by atoms with Gasteiger partial charge in [-0.25, -0.2) is 0 Å². The number of benzene rings is 1. The first-order valence-electron chi connectivity index (χ1n) is 7.87. The molecule has 21 heavy (non-hydrogen) atoms. The van der Waals surface area contributed by atoms with E-state index in [0.29, 0.717) is 6.04 Å². The smallest absolute Gasteiger partial charge is 0.0642 e. The highest BCUT2D eigenvalue weighted by atomic mass is 35.5. The van der Waals surface area contributed by atoms with Crippen molar-refractivity contribution in [3.8, 4) is 0 Å². The molecule has 3 nitrogen and oxygen atoms in total. The van der Waals surface area contributed by atoms with Gasteiger partial charge in [-0.2, -0.15) is 0 Å². The molecule has 1 aromatic carbocycles. The molecule has 0 amide bonds. The van der Waals surface area contributed by atoms with E-state index in [0.717, 1.165) is 24.0 Å². The summed E-state index contributed by atoms with van der Waals surface area (Å²) in [6.07, 6.45) is 2.51. The SMILES string of the molecule is CNC(C)c1ccc(N2CCC(CN(C)C)CC2)c(Cl)c1. The summed E-state index contributed by atoms with van der Waals surface area (Å²) in [4.78, 5) is 4.73. The summed E-state index contributed by atoms with van der Waals surface area (Å²) in [7, 11) is 6.29. The molecule has 118 valence electrons. The number of anilines is 1. The van der Waals surface area contributed by atoms with Gasteiger partial charge in [0.25, 0.3) is 0 Å². The van der Waals surface area contributed by atoms with Crippen LogP contribution in [-0.4, -0.2) is 45.7 Å². The Labute approximate surface area is 134 Å². The number of hydrogen-bond acceptors (Lipinski definition) is 3. The lowest BCUT2D eigenvalue weighted by Gasteiger charge is -2.35. The number of nitrogens with zero attached hydrogens (tertiary/aromatic N) is 2. The summed E-state index contributed by atoms with van der Waals surface area (Å²) in [5.41, 5.74) is 2.43. The fourth-order valence-corrected chi connectivity index (χ4v) is 3.40. The van der Waals surface area contributed by atoms with Gasteiger partial charge >= 0.3 is 0 Å². The van der Waals surface area contributed by atoms with E-state index in [1.54, 1.807) is 0 Å². The molecule has 1 aliphatic rings. The predicted octanol–water partition coefficient (Wildman–Crippen LogP) is 3.40. The molecule has 0 saturated carbocycles. The summed E-state index contributed by atoms with van der Waals surface area (Å²) >= 11 is 6.51. The summed E-state index contributed by atoms with van der Waals surface area (Å²) in [6.45, 7) is 5.57. The molecular formula is C17H28ClN3. The second-order valence-electron chi connectivity index (χ2n) is 6.41. The second kappa shape index (κ2) is 7.48. The molecule has 1 saturated heterocycles.